The van der Waals surface area contributed by atoms with E-state index in [1.54, 1.807) is 0 Å². The monoisotopic (exact) mass is 245 g/mol. The third-order valence-electron chi connectivity index (χ3n) is 2.06. The topological polar surface area (TPSA) is 42.2 Å². The van der Waals surface area contributed by atoms with Gasteiger partial charge in [0.05, 0.1) is 18.7 Å². The van der Waals surface area contributed by atoms with E-state index in [1.807, 2.05) is 6.07 Å². The van der Waals surface area contributed by atoms with Crippen molar-refractivity contribution < 1.29 is 22.6 Å². The fourth-order valence-electron chi connectivity index (χ4n) is 1.09. The number of benzene rings is 1. The van der Waals surface area contributed by atoms with Gasteiger partial charge in [0.1, 0.15) is 0 Å². The summed E-state index contributed by atoms with van der Waals surface area (Å²) in [6.45, 7) is 0.900. The van der Waals surface area contributed by atoms with Crippen LogP contribution < -0.4 is 9.47 Å². The van der Waals surface area contributed by atoms with Crippen molar-refractivity contribution in [2.24, 2.45) is 0 Å². The molecule has 0 radical (unpaired) electrons. The molecule has 1 aromatic rings. The second-order valence-corrected chi connectivity index (χ2v) is 3.28. The van der Waals surface area contributed by atoms with Crippen molar-refractivity contribution in [3.8, 4) is 17.6 Å². The highest BCUT2D eigenvalue weighted by Crippen LogP contribution is 2.32. The molecule has 0 N–H and O–H groups in total. The normalized spacial score (nSPS) is 12.7. The fraction of sp³-hybridized carbons (Fsp3) is 0.364. The van der Waals surface area contributed by atoms with Crippen LogP contribution in [0.1, 0.15) is 12.5 Å². The van der Waals surface area contributed by atoms with Crippen molar-refractivity contribution in [2.45, 2.75) is 19.2 Å². The number of hydrogen-bond donors (Lipinski definition) is 0. The molecule has 17 heavy (non-hydrogen) atoms. The molecule has 3 nitrogen and oxygen atoms in total. The van der Waals surface area contributed by atoms with E-state index in [9.17, 15) is 13.2 Å². The maximum atomic E-state index is 12.3. The average molecular weight is 245 g/mol. The molecular formula is C11H10F3NO2. The Morgan fingerprint density at radius 3 is 2.41 bits per heavy atom. The molecule has 1 unspecified atom stereocenters. The largest absolute Gasteiger partial charge is 0.493 e. The third-order valence-corrected chi connectivity index (χ3v) is 2.06. The van der Waals surface area contributed by atoms with Gasteiger partial charge in [-0.05, 0) is 19.1 Å². The van der Waals surface area contributed by atoms with E-state index in [1.165, 1.54) is 25.3 Å². The van der Waals surface area contributed by atoms with Gasteiger partial charge in [-0.1, -0.05) is 0 Å². The maximum Gasteiger partial charge on any atom is 0.425 e. The molecule has 0 saturated carbocycles. The zero-order chi connectivity index (χ0) is 13.1. The first-order chi connectivity index (χ1) is 7.88. The van der Waals surface area contributed by atoms with Crippen LogP contribution in [-0.2, 0) is 0 Å². The molecule has 0 aliphatic rings. The Balaban J connectivity index is 2.96. The Morgan fingerprint density at radius 2 is 1.94 bits per heavy atom. The van der Waals surface area contributed by atoms with Gasteiger partial charge in [-0.2, -0.15) is 18.4 Å². The molecule has 0 amide bonds. The highest BCUT2D eigenvalue weighted by atomic mass is 19.4. The minimum Gasteiger partial charge on any atom is -0.493 e. The molecule has 6 heteroatoms. The third kappa shape index (κ3) is 3.28. The van der Waals surface area contributed by atoms with Crippen LogP contribution in [0.3, 0.4) is 0 Å². The number of ether oxygens (including phenoxy) is 2. The van der Waals surface area contributed by atoms with Crippen LogP contribution in [0.25, 0.3) is 0 Å². The van der Waals surface area contributed by atoms with Gasteiger partial charge < -0.3 is 9.47 Å². The summed E-state index contributed by atoms with van der Waals surface area (Å²) in [4.78, 5) is 0. The molecule has 1 atom stereocenters. The smallest absolute Gasteiger partial charge is 0.425 e. The SMILES string of the molecule is COc1cc(C#N)ccc1OC(C)C(F)(F)F. The Kier molecular flexibility index (Phi) is 3.84. The van der Waals surface area contributed by atoms with Crippen LogP contribution in [-0.4, -0.2) is 19.4 Å². The van der Waals surface area contributed by atoms with Gasteiger partial charge in [-0.3, -0.25) is 0 Å². The molecular weight excluding hydrogens is 235 g/mol. The number of methoxy groups -OCH3 is 1. The predicted molar refractivity (Wildman–Crippen MR) is 53.9 cm³/mol. The first-order valence-electron chi connectivity index (χ1n) is 4.70. The summed E-state index contributed by atoms with van der Waals surface area (Å²) < 4.78 is 46.5. The van der Waals surface area contributed by atoms with Gasteiger partial charge in [0.25, 0.3) is 0 Å². The summed E-state index contributed by atoms with van der Waals surface area (Å²) in [5.74, 6) is 0.0523. The maximum absolute atomic E-state index is 12.3. The van der Waals surface area contributed by atoms with Crippen molar-refractivity contribution >= 4 is 0 Å². The van der Waals surface area contributed by atoms with E-state index >= 15 is 0 Å². The summed E-state index contributed by atoms with van der Waals surface area (Å²) in [7, 11) is 1.29. The number of nitriles is 1. The van der Waals surface area contributed by atoms with Crippen molar-refractivity contribution in [2.75, 3.05) is 7.11 Å². The average Bonchev–Trinajstić information content (AvgIpc) is 2.28. The molecule has 0 aromatic heterocycles. The highest BCUT2D eigenvalue weighted by molar-refractivity contribution is 5.46. The quantitative estimate of drug-likeness (QED) is 0.822. The van der Waals surface area contributed by atoms with Crippen molar-refractivity contribution in [1.29, 1.82) is 5.26 Å². The Hall–Kier alpha value is -1.90. The van der Waals surface area contributed by atoms with E-state index < -0.39 is 12.3 Å². The van der Waals surface area contributed by atoms with Gasteiger partial charge in [0, 0.05) is 6.07 Å². The number of hydrogen-bond acceptors (Lipinski definition) is 3. The highest BCUT2D eigenvalue weighted by Gasteiger charge is 2.38. The van der Waals surface area contributed by atoms with Gasteiger partial charge in [0.15, 0.2) is 17.6 Å². The Morgan fingerprint density at radius 1 is 1.29 bits per heavy atom. The van der Waals surface area contributed by atoms with E-state index in [0.717, 1.165) is 6.92 Å². The zero-order valence-electron chi connectivity index (χ0n) is 9.21. The van der Waals surface area contributed by atoms with Crippen LogP contribution in [0.4, 0.5) is 13.2 Å². The lowest BCUT2D eigenvalue weighted by atomic mass is 10.2. The summed E-state index contributed by atoms with van der Waals surface area (Å²) in [5, 5.41) is 8.63. The number of alkyl halides is 3. The first kappa shape index (κ1) is 13.2. The van der Waals surface area contributed by atoms with E-state index in [4.69, 9.17) is 14.7 Å². The lowest BCUT2D eigenvalue weighted by molar-refractivity contribution is -0.189. The van der Waals surface area contributed by atoms with Crippen molar-refractivity contribution in [1.82, 2.24) is 0 Å². The molecule has 0 aliphatic heterocycles. The molecule has 0 heterocycles. The van der Waals surface area contributed by atoms with Crippen LogP contribution in [0.5, 0.6) is 11.5 Å². The Bertz CT molecular complexity index is 437. The Labute approximate surface area is 96.4 Å². The van der Waals surface area contributed by atoms with E-state index in [-0.39, 0.29) is 17.1 Å². The number of rotatable bonds is 3. The van der Waals surface area contributed by atoms with Gasteiger partial charge >= 0.3 is 6.18 Å². The van der Waals surface area contributed by atoms with Gasteiger partial charge in [0.2, 0.25) is 0 Å². The molecule has 1 rings (SSSR count). The number of halogens is 3. The lowest BCUT2D eigenvalue weighted by Gasteiger charge is -2.19. The van der Waals surface area contributed by atoms with Crippen LogP contribution in [0.2, 0.25) is 0 Å². The van der Waals surface area contributed by atoms with E-state index in [0.29, 0.717) is 0 Å². The molecule has 0 fully saturated rings. The standard InChI is InChI=1S/C11H10F3NO2/c1-7(11(12,13)14)17-9-4-3-8(6-15)5-10(9)16-2/h3-5,7H,1-2H3. The van der Waals surface area contributed by atoms with E-state index in [2.05, 4.69) is 0 Å². The van der Waals surface area contributed by atoms with Gasteiger partial charge in [-0.25, -0.2) is 0 Å². The van der Waals surface area contributed by atoms with Crippen LogP contribution in [0, 0.1) is 11.3 Å². The summed E-state index contributed by atoms with van der Waals surface area (Å²) in [6, 6.07) is 5.81. The minimum absolute atomic E-state index is 0.0451. The van der Waals surface area contributed by atoms with Gasteiger partial charge in [-0.15, -0.1) is 0 Å². The predicted octanol–water partition coefficient (Wildman–Crippen LogP) is 2.90. The number of nitrogens with zero attached hydrogens (tertiary/aromatic N) is 1. The molecule has 0 spiro atoms. The molecule has 1 aromatic carbocycles. The first-order valence-corrected chi connectivity index (χ1v) is 4.70. The fourth-order valence-corrected chi connectivity index (χ4v) is 1.09. The second kappa shape index (κ2) is 4.95. The van der Waals surface area contributed by atoms with Crippen LogP contribution in [0.15, 0.2) is 18.2 Å². The summed E-state index contributed by atoms with van der Waals surface area (Å²) in [6.07, 6.45) is -6.39. The minimum atomic E-state index is -4.45. The second-order valence-electron chi connectivity index (χ2n) is 3.28. The van der Waals surface area contributed by atoms with Crippen molar-refractivity contribution in [3.05, 3.63) is 23.8 Å². The molecule has 0 saturated heterocycles. The molecule has 0 aliphatic carbocycles. The molecule has 0 bridgehead atoms. The van der Waals surface area contributed by atoms with Crippen LogP contribution >= 0.6 is 0 Å². The summed E-state index contributed by atoms with van der Waals surface area (Å²) >= 11 is 0. The lowest BCUT2D eigenvalue weighted by Crippen LogP contribution is -2.31. The van der Waals surface area contributed by atoms with Crippen molar-refractivity contribution in [3.63, 3.8) is 0 Å². The molecule has 92 valence electrons. The zero-order valence-corrected chi connectivity index (χ0v) is 9.21. The summed E-state index contributed by atoms with van der Waals surface area (Å²) in [5.41, 5.74) is 0.286.